The summed E-state index contributed by atoms with van der Waals surface area (Å²) in [5, 5.41) is 8.63. The van der Waals surface area contributed by atoms with Crippen LogP contribution in [0, 0.1) is 0 Å². The first-order chi connectivity index (χ1) is 11.3. The molecule has 0 amide bonds. The van der Waals surface area contributed by atoms with Crippen molar-refractivity contribution in [2.45, 2.75) is 6.18 Å². The van der Waals surface area contributed by atoms with Gasteiger partial charge in [-0.3, -0.25) is 4.98 Å². The number of nitrogens with two attached hydrogens (primary N) is 1. The van der Waals surface area contributed by atoms with Crippen LogP contribution in [0.5, 0.6) is 0 Å². The topological polar surface area (TPSA) is 92.5 Å². The predicted octanol–water partition coefficient (Wildman–Crippen LogP) is 3.86. The van der Waals surface area contributed by atoms with Crippen molar-refractivity contribution in [2.75, 3.05) is 11.1 Å². The second-order valence-corrected chi connectivity index (χ2v) is 5.20. The predicted molar refractivity (Wildman–Crippen MR) is 83.8 cm³/mol. The summed E-state index contributed by atoms with van der Waals surface area (Å²) in [7, 11) is 0. The van der Waals surface area contributed by atoms with Gasteiger partial charge in [0.05, 0.1) is 10.6 Å². The molecule has 0 spiro atoms. The number of hydrogen-bond acceptors (Lipinski definition) is 5. The van der Waals surface area contributed by atoms with Crippen LogP contribution in [-0.4, -0.2) is 20.2 Å². The monoisotopic (exact) mass is 354 g/mol. The van der Waals surface area contributed by atoms with E-state index < -0.39 is 11.7 Å². The second-order valence-electron chi connectivity index (χ2n) is 4.79. The summed E-state index contributed by atoms with van der Waals surface area (Å²) in [6.45, 7) is 0. The lowest BCUT2D eigenvalue weighted by Gasteiger charge is -2.16. The summed E-state index contributed by atoms with van der Waals surface area (Å²) in [6, 6.07) is 5.33. The van der Waals surface area contributed by atoms with E-state index in [1.807, 2.05) is 0 Å². The normalized spacial score (nSPS) is 11.5. The fourth-order valence-electron chi connectivity index (χ4n) is 2.17. The largest absolute Gasteiger partial charge is 0.417 e. The van der Waals surface area contributed by atoms with E-state index in [1.165, 1.54) is 30.6 Å². The third-order valence-corrected chi connectivity index (χ3v) is 3.40. The maximum atomic E-state index is 13.5. The molecule has 4 N–H and O–H groups in total. The maximum absolute atomic E-state index is 13.5. The van der Waals surface area contributed by atoms with Crippen molar-refractivity contribution in [1.29, 1.82) is 0 Å². The van der Waals surface area contributed by atoms with Gasteiger partial charge in [-0.15, -0.1) is 5.10 Å². The van der Waals surface area contributed by atoms with Gasteiger partial charge in [-0.2, -0.15) is 18.2 Å². The van der Waals surface area contributed by atoms with Gasteiger partial charge in [0, 0.05) is 29.2 Å². The lowest BCUT2D eigenvalue weighted by molar-refractivity contribution is -0.137. The molecule has 10 heteroatoms. The number of rotatable bonds is 3. The van der Waals surface area contributed by atoms with Gasteiger partial charge in [0.1, 0.15) is 0 Å². The third kappa shape index (κ3) is 3.25. The SMILES string of the molecule is Nc1nc(Nc2cc(Cl)c(-c3cccnc3)c(C(F)(F)F)c2)n[nH]1. The van der Waals surface area contributed by atoms with Crippen molar-refractivity contribution >= 4 is 29.2 Å². The molecule has 3 rings (SSSR count). The smallest absolute Gasteiger partial charge is 0.368 e. The summed E-state index contributed by atoms with van der Waals surface area (Å²) in [5.74, 6) is 0.0671. The molecule has 0 bridgehead atoms. The van der Waals surface area contributed by atoms with E-state index >= 15 is 0 Å². The Morgan fingerprint density at radius 1 is 1.25 bits per heavy atom. The maximum Gasteiger partial charge on any atom is 0.417 e. The van der Waals surface area contributed by atoms with E-state index in [4.69, 9.17) is 17.3 Å². The highest BCUT2D eigenvalue weighted by Gasteiger charge is 2.35. The summed E-state index contributed by atoms with van der Waals surface area (Å²) in [4.78, 5) is 7.61. The molecule has 0 unspecified atom stereocenters. The van der Waals surface area contributed by atoms with Gasteiger partial charge < -0.3 is 11.1 Å². The molecule has 0 saturated heterocycles. The number of halogens is 4. The molecule has 2 aromatic heterocycles. The standard InChI is InChI=1S/C14H10ClF3N6/c15-10-5-8(21-13-22-12(19)23-24-13)4-9(14(16,17)18)11(10)7-2-1-3-20-6-7/h1-6H,(H4,19,21,22,23,24). The number of anilines is 3. The number of nitrogen functional groups attached to an aromatic ring is 1. The lowest BCUT2D eigenvalue weighted by atomic mass is 9.99. The van der Waals surface area contributed by atoms with Crippen molar-refractivity contribution in [2.24, 2.45) is 0 Å². The summed E-state index contributed by atoms with van der Waals surface area (Å²) in [5.41, 5.74) is 4.69. The van der Waals surface area contributed by atoms with Crippen molar-refractivity contribution in [3.05, 3.63) is 47.2 Å². The molecule has 0 aliphatic heterocycles. The first-order valence-electron chi connectivity index (χ1n) is 6.60. The van der Waals surface area contributed by atoms with E-state index in [1.54, 1.807) is 0 Å². The first kappa shape index (κ1) is 16.1. The minimum atomic E-state index is -4.61. The van der Waals surface area contributed by atoms with Crippen LogP contribution in [0.25, 0.3) is 11.1 Å². The highest BCUT2D eigenvalue weighted by Crippen LogP contribution is 2.42. The molecule has 3 aromatic rings. The minimum Gasteiger partial charge on any atom is -0.368 e. The number of hydrogen-bond donors (Lipinski definition) is 3. The molecule has 0 aliphatic rings. The van der Waals surface area contributed by atoms with Gasteiger partial charge >= 0.3 is 6.18 Å². The number of nitrogens with one attached hydrogen (secondary N) is 2. The zero-order chi connectivity index (χ0) is 17.3. The number of aromatic amines is 1. The van der Waals surface area contributed by atoms with Gasteiger partial charge in [0.25, 0.3) is 0 Å². The minimum absolute atomic E-state index is 0.0332. The molecule has 124 valence electrons. The molecule has 0 aliphatic carbocycles. The molecular weight excluding hydrogens is 345 g/mol. The number of alkyl halides is 3. The van der Waals surface area contributed by atoms with Crippen LogP contribution in [-0.2, 0) is 6.18 Å². The van der Waals surface area contributed by atoms with E-state index in [-0.39, 0.29) is 33.7 Å². The average molecular weight is 355 g/mol. The van der Waals surface area contributed by atoms with Gasteiger partial charge in [-0.1, -0.05) is 17.7 Å². The Kier molecular flexibility index (Phi) is 4.02. The first-order valence-corrected chi connectivity index (χ1v) is 6.98. The Bertz CT molecular complexity index is 863. The zero-order valence-corrected chi connectivity index (χ0v) is 12.7. The highest BCUT2D eigenvalue weighted by molar-refractivity contribution is 6.33. The molecule has 0 radical (unpaired) electrons. The van der Waals surface area contributed by atoms with Gasteiger partial charge in [-0.05, 0) is 18.2 Å². The number of benzene rings is 1. The molecule has 0 saturated carbocycles. The average Bonchev–Trinajstić information content (AvgIpc) is 2.92. The highest BCUT2D eigenvalue weighted by atomic mass is 35.5. The van der Waals surface area contributed by atoms with Gasteiger partial charge in [-0.25, -0.2) is 5.10 Å². The fraction of sp³-hybridized carbons (Fsp3) is 0.0714. The number of pyridine rings is 1. The van der Waals surface area contributed by atoms with Crippen LogP contribution in [0.2, 0.25) is 5.02 Å². The molecule has 24 heavy (non-hydrogen) atoms. The lowest BCUT2D eigenvalue weighted by Crippen LogP contribution is -2.09. The number of aromatic nitrogens is 4. The Balaban J connectivity index is 2.11. The van der Waals surface area contributed by atoms with E-state index in [0.29, 0.717) is 0 Å². The van der Waals surface area contributed by atoms with Crippen LogP contribution in [0.3, 0.4) is 0 Å². The molecule has 1 aromatic carbocycles. The van der Waals surface area contributed by atoms with E-state index in [0.717, 1.165) is 6.07 Å². The van der Waals surface area contributed by atoms with E-state index in [2.05, 4.69) is 25.5 Å². The van der Waals surface area contributed by atoms with Crippen LogP contribution < -0.4 is 11.1 Å². The third-order valence-electron chi connectivity index (χ3n) is 3.10. The van der Waals surface area contributed by atoms with Crippen LogP contribution in [0.1, 0.15) is 5.56 Å². The Labute approximate surface area is 138 Å². The quantitative estimate of drug-likeness (QED) is 0.664. The summed E-state index contributed by atoms with van der Waals surface area (Å²) in [6.07, 6.45) is -1.82. The van der Waals surface area contributed by atoms with Crippen molar-refractivity contribution in [3.63, 3.8) is 0 Å². The van der Waals surface area contributed by atoms with Crippen LogP contribution in [0.4, 0.5) is 30.8 Å². The van der Waals surface area contributed by atoms with Crippen molar-refractivity contribution in [3.8, 4) is 11.1 Å². The van der Waals surface area contributed by atoms with E-state index in [9.17, 15) is 13.2 Å². The Morgan fingerprint density at radius 2 is 2.04 bits per heavy atom. The Hall–Kier alpha value is -2.81. The summed E-state index contributed by atoms with van der Waals surface area (Å²) < 4.78 is 40.4. The van der Waals surface area contributed by atoms with Gasteiger partial charge in [0.2, 0.25) is 11.9 Å². The second kappa shape index (κ2) is 6.00. The van der Waals surface area contributed by atoms with Crippen molar-refractivity contribution < 1.29 is 13.2 Å². The van der Waals surface area contributed by atoms with Crippen LogP contribution >= 0.6 is 11.6 Å². The van der Waals surface area contributed by atoms with Crippen molar-refractivity contribution in [1.82, 2.24) is 20.2 Å². The molecule has 6 nitrogen and oxygen atoms in total. The molecule has 2 heterocycles. The Morgan fingerprint density at radius 3 is 2.62 bits per heavy atom. The number of nitrogens with zero attached hydrogens (tertiary/aromatic N) is 3. The molecular formula is C14H10ClF3N6. The fourth-order valence-corrected chi connectivity index (χ4v) is 2.49. The van der Waals surface area contributed by atoms with Crippen LogP contribution in [0.15, 0.2) is 36.7 Å². The molecule has 0 atom stereocenters. The molecule has 0 fully saturated rings. The number of H-pyrrole nitrogens is 1. The zero-order valence-electron chi connectivity index (χ0n) is 11.9. The summed E-state index contributed by atoms with van der Waals surface area (Å²) >= 11 is 6.11. The van der Waals surface area contributed by atoms with Gasteiger partial charge in [0.15, 0.2) is 0 Å².